The van der Waals surface area contributed by atoms with Crippen LogP contribution < -0.4 is 0 Å². The Bertz CT molecular complexity index is 574. The Morgan fingerprint density at radius 3 is 2.22 bits per heavy atom. The van der Waals surface area contributed by atoms with E-state index in [-0.39, 0.29) is 10.5 Å². The summed E-state index contributed by atoms with van der Waals surface area (Å²) in [6.07, 6.45) is -0.566. The van der Waals surface area contributed by atoms with Crippen molar-refractivity contribution in [1.82, 2.24) is 0 Å². The first-order valence-corrected chi connectivity index (χ1v) is 7.14. The third-order valence-electron chi connectivity index (χ3n) is 2.74. The lowest BCUT2D eigenvalue weighted by atomic mass is 10.0. The summed E-state index contributed by atoms with van der Waals surface area (Å²) in [5.41, 5.74) is 1.61. The van der Waals surface area contributed by atoms with E-state index in [0.717, 1.165) is 24.5 Å². The van der Waals surface area contributed by atoms with E-state index in [1.54, 1.807) is 13.8 Å². The zero-order chi connectivity index (χ0) is 14.1. The molecule has 100 valence electrons. The molecule has 0 radical (unpaired) electrons. The van der Waals surface area contributed by atoms with Crippen molar-refractivity contribution >= 4 is 15.8 Å². The first kappa shape index (κ1) is 14.7. The van der Waals surface area contributed by atoms with Crippen molar-refractivity contribution in [2.75, 3.05) is 13.4 Å². The maximum atomic E-state index is 11.7. The number of hydrogen-bond donors (Lipinski definition) is 1. The van der Waals surface area contributed by atoms with Gasteiger partial charge in [-0.2, -0.15) is 0 Å². The third-order valence-corrected chi connectivity index (χ3v) is 3.90. The highest BCUT2D eigenvalue weighted by Crippen LogP contribution is 2.26. The van der Waals surface area contributed by atoms with Crippen molar-refractivity contribution in [3.8, 4) is 0 Å². The summed E-state index contributed by atoms with van der Waals surface area (Å²) >= 11 is 0. The molecule has 0 amide bonds. The van der Waals surface area contributed by atoms with Crippen molar-refractivity contribution in [3.63, 3.8) is 0 Å². The number of sulfone groups is 1. The minimum absolute atomic E-state index is 0.0486. The summed E-state index contributed by atoms with van der Waals surface area (Å²) < 4.78 is 27.8. The maximum Gasteiger partial charge on any atom is 0.339 e. The normalized spacial score (nSPS) is 13.2. The predicted octanol–water partition coefficient (Wildman–Crippen LogP) is 0.913. The second kappa shape index (κ2) is 5.07. The van der Waals surface area contributed by atoms with Crippen LogP contribution in [0.2, 0.25) is 0 Å². The summed E-state index contributed by atoms with van der Waals surface area (Å²) in [6, 6.07) is 2.94. The van der Waals surface area contributed by atoms with Gasteiger partial charge in [0, 0.05) is 11.8 Å². The standard InChI is InChI=1S/C12H16O5S/c1-7-5-9(11(13)12(14)17-3)10(6-8(7)2)18(4,15)16/h5-6,11,13H,1-4H3. The number of carbonyl (C=O) groups excluding carboxylic acids is 1. The summed E-state index contributed by atoms with van der Waals surface area (Å²) in [4.78, 5) is 11.3. The molecule has 1 atom stereocenters. The Morgan fingerprint density at radius 1 is 1.28 bits per heavy atom. The van der Waals surface area contributed by atoms with Crippen LogP contribution in [0.15, 0.2) is 17.0 Å². The van der Waals surface area contributed by atoms with Crippen LogP contribution >= 0.6 is 0 Å². The molecule has 0 saturated carbocycles. The van der Waals surface area contributed by atoms with E-state index in [1.807, 2.05) is 0 Å². The van der Waals surface area contributed by atoms with Gasteiger partial charge in [0.2, 0.25) is 0 Å². The van der Waals surface area contributed by atoms with Gasteiger partial charge in [0.05, 0.1) is 12.0 Å². The minimum Gasteiger partial charge on any atom is -0.467 e. The van der Waals surface area contributed by atoms with Gasteiger partial charge in [-0.3, -0.25) is 0 Å². The fourth-order valence-corrected chi connectivity index (χ4v) is 2.57. The molecule has 1 aromatic rings. The lowest BCUT2D eigenvalue weighted by molar-refractivity contribution is -0.150. The summed E-state index contributed by atoms with van der Waals surface area (Å²) in [6.45, 7) is 3.53. The fourth-order valence-electron chi connectivity index (χ4n) is 1.59. The quantitative estimate of drug-likeness (QED) is 0.827. The average Bonchev–Trinajstić information content (AvgIpc) is 2.28. The van der Waals surface area contributed by atoms with Crippen LogP contribution in [0.25, 0.3) is 0 Å². The Balaban J connectivity index is 3.52. The summed E-state index contributed by atoms with van der Waals surface area (Å²) in [5.74, 6) is -0.886. The number of carbonyl (C=O) groups is 1. The van der Waals surface area contributed by atoms with Gasteiger partial charge in [-0.25, -0.2) is 13.2 Å². The smallest absolute Gasteiger partial charge is 0.339 e. The van der Waals surface area contributed by atoms with Gasteiger partial charge in [0.15, 0.2) is 15.9 Å². The van der Waals surface area contributed by atoms with Crippen LogP contribution in [-0.4, -0.2) is 32.9 Å². The van der Waals surface area contributed by atoms with E-state index < -0.39 is 21.9 Å². The van der Waals surface area contributed by atoms with Crippen LogP contribution in [0, 0.1) is 13.8 Å². The molecule has 5 nitrogen and oxygen atoms in total. The highest BCUT2D eigenvalue weighted by atomic mass is 32.2. The van der Waals surface area contributed by atoms with E-state index in [1.165, 1.54) is 12.1 Å². The number of rotatable bonds is 3. The number of aryl methyl sites for hydroxylation is 2. The van der Waals surface area contributed by atoms with E-state index in [0.29, 0.717) is 0 Å². The molecule has 0 spiro atoms. The number of benzene rings is 1. The number of aliphatic hydroxyl groups is 1. The number of methoxy groups -OCH3 is 1. The molecule has 0 aromatic heterocycles. The second-order valence-electron chi connectivity index (χ2n) is 4.17. The Kier molecular flexibility index (Phi) is 4.13. The Hall–Kier alpha value is -1.40. The first-order valence-electron chi connectivity index (χ1n) is 5.25. The van der Waals surface area contributed by atoms with E-state index in [2.05, 4.69) is 4.74 Å². The molecule has 0 aliphatic rings. The number of hydrogen-bond acceptors (Lipinski definition) is 5. The van der Waals surface area contributed by atoms with Gasteiger partial charge in [-0.15, -0.1) is 0 Å². The molecule has 1 rings (SSSR count). The number of aliphatic hydroxyl groups excluding tert-OH is 1. The predicted molar refractivity (Wildman–Crippen MR) is 66.0 cm³/mol. The molecule has 0 saturated heterocycles. The zero-order valence-corrected chi connectivity index (χ0v) is 11.5. The Morgan fingerprint density at radius 2 is 1.78 bits per heavy atom. The van der Waals surface area contributed by atoms with Crippen molar-refractivity contribution in [2.24, 2.45) is 0 Å². The molecular formula is C12H16O5S. The molecule has 0 aliphatic heterocycles. The molecule has 0 aliphatic carbocycles. The average molecular weight is 272 g/mol. The van der Waals surface area contributed by atoms with Crippen molar-refractivity contribution in [1.29, 1.82) is 0 Å². The number of esters is 1. The summed E-state index contributed by atoms with van der Waals surface area (Å²) in [7, 11) is -2.40. The number of ether oxygens (including phenoxy) is 1. The molecule has 1 aromatic carbocycles. The molecule has 6 heteroatoms. The van der Waals surface area contributed by atoms with E-state index in [4.69, 9.17) is 0 Å². The zero-order valence-electron chi connectivity index (χ0n) is 10.7. The van der Waals surface area contributed by atoms with Crippen LogP contribution in [0.5, 0.6) is 0 Å². The molecule has 0 bridgehead atoms. The van der Waals surface area contributed by atoms with Gasteiger partial charge >= 0.3 is 5.97 Å². The Labute approximate surface area is 106 Å². The fraction of sp³-hybridized carbons (Fsp3) is 0.417. The lowest BCUT2D eigenvalue weighted by Gasteiger charge is -2.15. The van der Waals surface area contributed by atoms with Crippen LogP contribution in [0.3, 0.4) is 0 Å². The van der Waals surface area contributed by atoms with E-state index in [9.17, 15) is 18.3 Å². The second-order valence-corrected chi connectivity index (χ2v) is 6.16. The monoisotopic (exact) mass is 272 g/mol. The van der Waals surface area contributed by atoms with Gasteiger partial charge < -0.3 is 9.84 Å². The molecule has 18 heavy (non-hydrogen) atoms. The van der Waals surface area contributed by atoms with Crippen molar-refractivity contribution in [3.05, 3.63) is 28.8 Å². The van der Waals surface area contributed by atoms with Gasteiger partial charge in [-0.05, 0) is 31.0 Å². The van der Waals surface area contributed by atoms with Crippen LogP contribution in [0.4, 0.5) is 0 Å². The topological polar surface area (TPSA) is 80.7 Å². The third kappa shape index (κ3) is 2.88. The van der Waals surface area contributed by atoms with Gasteiger partial charge in [0.1, 0.15) is 0 Å². The van der Waals surface area contributed by atoms with Crippen LogP contribution in [0.1, 0.15) is 22.8 Å². The van der Waals surface area contributed by atoms with Crippen molar-refractivity contribution in [2.45, 2.75) is 24.8 Å². The first-order chi connectivity index (χ1) is 8.18. The lowest BCUT2D eigenvalue weighted by Crippen LogP contribution is -2.17. The minimum atomic E-state index is -3.53. The van der Waals surface area contributed by atoms with Gasteiger partial charge in [0.25, 0.3) is 0 Å². The highest BCUT2D eigenvalue weighted by Gasteiger charge is 2.25. The molecule has 1 unspecified atom stereocenters. The van der Waals surface area contributed by atoms with Crippen molar-refractivity contribution < 1.29 is 23.1 Å². The molecular weight excluding hydrogens is 256 g/mol. The largest absolute Gasteiger partial charge is 0.467 e. The molecule has 1 N–H and O–H groups in total. The SMILES string of the molecule is COC(=O)C(O)c1cc(C)c(C)cc1S(C)(=O)=O. The molecule has 0 fully saturated rings. The molecule has 0 heterocycles. The highest BCUT2D eigenvalue weighted by molar-refractivity contribution is 7.90. The van der Waals surface area contributed by atoms with E-state index >= 15 is 0 Å². The maximum absolute atomic E-state index is 11.7. The van der Waals surface area contributed by atoms with Crippen LogP contribution in [-0.2, 0) is 19.4 Å². The van der Waals surface area contributed by atoms with Gasteiger partial charge in [-0.1, -0.05) is 6.07 Å². The summed E-state index contributed by atoms with van der Waals surface area (Å²) in [5, 5.41) is 9.81.